The molecule has 0 fully saturated rings. The molecular weight excluding hydrogens is 444 g/mol. The summed E-state index contributed by atoms with van der Waals surface area (Å²) in [6, 6.07) is 6.10. The Morgan fingerprint density at radius 3 is 2.80 bits per heavy atom. The third kappa shape index (κ3) is 4.89. The second kappa shape index (κ2) is 9.85. The van der Waals surface area contributed by atoms with E-state index in [0.717, 1.165) is 54.9 Å². The topological polar surface area (TPSA) is 102 Å². The number of nitrogens with zero attached hydrogens (tertiary/aromatic N) is 5. The summed E-state index contributed by atoms with van der Waals surface area (Å²) in [5, 5.41) is 3.39. The van der Waals surface area contributed by atoms with Gasteiger partial charge in [-0.2, -0.15) is 0 Å². The Bertz CT molecular complexity index is 1240. The lowest BCUT2D eigenvalue weighted by atomic mass is 10.0. The maximum Gasteiger partial charge on any atom is 0.316 e. The van der Waals surface area contributed by atoms with Crippen LogP contribution in [0.5, 0.6) is 6.01 Å². The minimum Gasteiger partial charge on any atom is -0.467 e. The number of ether oxygens (including phenoxy) is 1. The highest BCUT2D eigenvalue weighted by Gasteiger charge is 2.32. The maximum absolute atomic E-state index is 13.5. The number of anilines is 1. The summed E-state index contributed by atoms with van der Waals surface area (Å²) >= 11 is 0. The van der Waals surface area contributed by atoms with Crippen LogP contribution in [0.4, 0.5) is 5.82 Å². The van der Waals surface area contributed by atoms with Crippen molar-refractivity contribution in [1.82, 2.24) is 24.4 Å². The zero-order valence-corrected chi connectivity index (χ0v) is 20.2. The van der Waals surface area contributed by atoms with E-state index in [1.54, 1.807) is 17.3 Å². The number of ketones is 1. The molecule has 1 atom stereocenters. The summed E-state index contributed by atoms with van der Waals surface area (Å²) in [4.78, 5) is 40.4. The highest BCUT2D eigenvalue weighted by molar-refractivity contribution is 5.94. The fourth-order valence-corrected chi connectivity index (χ4v) is 4.90. The Kier molecular flexibility index (Phi) is 6.48. The third-order valence-electron chi connectivity index (χ3n) is 6.71. The van der Waals surface area contributed by atoms with E-state index >= 15 is 0 Å². The smallest absolute Gasteiger partial charge is 0.316 e. The molecule has 5 heterocycles. The van der Waals surface area contributed by atoms with E-state index in [9.17, 15) is 9.59 Å². The number of Topliss-reactive ketones (excluding diaryl/α,β-unsaturated/α-hetero) is 1. The Hall–Kier alpha value is -3.75. The number of nitrogens with one attached hydrogen (secondary N) is 1. The van der Waals surface area contributed by atoms with Crippen LogP contribution >= 0.6 is 0 Å². The van der Waals surface area contributed by atoms with Crippen molar-refractivity contribution in [3.8, 4) is 6.01 Å². The van der Waals surface area contributed by atoms with Gasteiger partial charge < -0.3 is 19.5 Å². The predicted octanol–water partition coefficient (Wildman–Crippen LogP) is 3.00. The second-order valence-corrected chi connectivity index (χ2v) is 9.19. The molecule has 182 valence electrons. The molecular formula is C26H30N6O3. The first-order chi connectivity index (χ1) is 17.0. The molecule has 0 aromatic carbocycles. The van der Waals surface area contributed by atoms with Gasteiger partial charge in [0.1, 0.15) is 17.3 Å². The number of methoxy groups -OCH3 is 1. The standard InChI is InChI=1S/C26H30N6O3/c1-17(33)12-22(20-14-28-26(35-2)29-15-20)32-11-10-31-16-18(13-23(31)25(32)34)5-7-21-8-6-19-4-3-9-27-24(19)30-21/h6,8,13-16,22H,3-5,7,9-12H2,1-2H3,(H,27,30)/t22-/m0/s1. The number of carbonyl (C=O) groups is 2. The normalized spacial score (nSPS) is 15.7. The van der Waals surface area contributed by atoms with E-state index < -0.39 is 6.04 Å². The monoisotopic (exact) mass is 474 g/mol. The van der Waals surface area contributed by atoms with Crippen LogP contribution in [0.2, 0.25) is 0 Å². The van der Waals surface area contributed by atoms with Crippen molar-refractivity contribution in [1.29, 1.82) is 0 Å². The molecule has 35 heavy (non-hydrogen) atoms. The van der Waals surface area contributed by atoms with E-state index in [4.69, 9.17) is 9.72 Å². The number of fused-ring (bicyclic) bond motifs is 2. The predicted molar refractivity (Wildman–Crippen MR) is 131 cm³/mol. The van der Waals surface area contributed by atoms with Crippen LogP contribution in [0.25, 0.3) is 0 Å². The van der Waals surface area contributed by atoms with Crippen LogP contribution in [0.1, 0.15) is 58.7 Å². The lowest BCUT2D eigenvalue weighted by Crippen LogP contribution is -2.42. The first-order valence-corrected chi connectivity index (χ1v) is 12.1. The molecule has 5 rings (SSSR count). The minimum absolute atomic E-state index is 0.00676. The van der Waals surface area contributed by atoms with Gasteiger partial charge in [0, 0.05) is 55.9 Å². The number of aryl methyl sites for hydroxylation is 3. The van der Waals surface area contributed by atoms with Crippen LogP contribution in [0.15, 0.2) is 36.8 Å². The molecule has 3 aromatic heterocycles. The molecule has 0 bridgehead atoms. The summed E-state index contributed by atoms with van der Waals surface area (Å²) in [5.74, 6) is 0.933. The summed E-state index contributed by atoms with van der Waals surface area (Å²) in [5.41, 5.74) is 4.82. The molecule has 0 radical (unpaired) electrons. The first-order valence-electron chi connectivity index (χ1n) is 12.1. The van der Waals surface area contributed by atoms with Crippen molar-refractivity contribution in [2.24, 2.45) is 0 Å². The molecule has 9 nitrogen and oxygen atoms in total. The molecule has 0 unspecified atom stereocenters. The van der Waals surface area contributed by atoms with Crippen molar-refractivity contribution >= 4 is 17.5 Å². The average molecular weight is 475 g/mol. The summed E-state index contributed by atoms with van der Waals surface area (Å²) in [6.45, 7) is 3.70. The second-order valence-electron chi connectivity index (χ2n) is 9.19. The highest BCUT2D eigenvalue weighted by atomic mass is 16.5. The molecule has 3 aromatic rings. The largest absolute Gasteiger partial charge is 0.467 e. The van der Waals surface area contributed by atoms with Gasteiger partial charge >= 0.3 is 6.01 Å². The Balaban J connectivity index is 1.32. The number of pyridine rings is 1. The van der Waals surface area contributed by atoms with E-state index in [0.29, 0.717) is 18.8 Å². The lowest BCUT2D eigenvalue weighted by Gasteiger charge is -2.35. The van der Waals surface area contributed by atoms with Gasteiger partial charge in [0.05, 0.1) is 13.2 Å². The number of carbonyl (C=O) groups excluding carboxylic acids is 2. The molecule has 9 heteroatoms. The van der Waals surface area contributed by atoms with Crippen LogP contribution in [-0.4, -0.2) is 56.3 Å². The fraction of sp³-hybridized carbons (Fsp3) is 0.423. The molecule has 2 aliphatic heterocycles. The SMILES string of the molecule is COc1ncc([C@H](CC(C)=O)N2CCn3cc(CCc4ccc5c(n4)NCCC5)cc3C2=O)cn1. The van der Waals surface area contributed by atoms with Gasteiger partial charge in [0.2, 0.25) is 0 Å². The summed E-state index contributed by atoms with van der Waals surface area (Å²) < 4.78 is 7.07. The van der Waals surface area contributed by atoms with Gasteiger partial charge in [-0.05, 0) is 55.9 Å². The van der Waals surface area contributed by atoms with Crippen molar-refractivity contribution in [2.75, 3.05) is 25.5 Å². The zero-order chi connectivity index (χ0) is 24.4. The minimum atomic E-state index is -0.412. The van der Waals surface area contributed by atoms with Gasteiger partial charge in [-0.25, -0.2) is 15.0 Å². The van der Waals surface area contributed by atoms with Gasteiger partial charge in [0.25, 0.3) is 5.91 Å². The summed E-state index contributed by atoms with van der Waals surface area (Å²) in [6.07, 6.45) is 9.39. The van der Waals surface area contributed by atoms with Crippen LogP contribution in [0, 0.1) is 0 Å². The van der Waals surface area contributed by atoms with Gasteiger partial charge in [-0.1, -0.05) is 6.07 Å². The van der Waals surface area contributed by atoms with Gasteiger partial charge in [0.15, 0.2) is 0 Å². The highest BCUT2D eigenvalue weighted by Crippen LogP contribution is 2.29. The Morgan fingerprint density at radius 1 is 1.20 bits per heavy atom. The first kappa shape index (κ1) is 23.0. The zero-order valence-electron chi connectivity index (χ0n) is 20.2. The fourth-order valence-electron chi connectivity index (χ4n) is 4.90. The van der Waals surface area contributed by atoms with Gasteiger partial charge in [-0.3, -0.25) is 9.59 Å². The molecule has 0 spiro atoms. The Morgan fingerprint density at radius 2 is 2.03 bits per heavy atom. The quantitative estimate of drug-likeness (QED) is 0.535. The van der Waals surface area contributed by atoms with E-state index in [1.807, 2.05) is 10.6 Å². The van der Waals surface area contributed by atoms with Crippen LogP contribution in [-0.2, 0) is 30.6 Å². The number of hydrogen-bond acceptors (Lipinski definition) is 7. The average Bonchev–Trinajstić information content (AvgIpc) is 3.30. The molecule has 0 saturated carbocycles. The van der Waals surface area contributed by atoms with E-state index in [-0.39, 0.29) is 24.1 Å². The van der Waals surface area contributed by atoms with E-state index in [2.05, 4.69) is 33.6 Å². The molecule has 0 saturated heterocycles. The van der Waals surface area contributed by atoms with Crippen molar-refractivity contribution < 1.29 is 14.3 Å². The number of rotatable bonds is 8. The number of amides is 1. The van der Waals surface area contributed by atoms with Crippen molar-refractivity contribution in [3.63, 3.8) is 0 Å². The van der Waals surface area contributed by atoms with Gasteiger partial charge in [-0.15, -0.1) is 0 Å². The molecule has 2 aliphatic rings. The van der Waals surface area contributed by atoms with E-state index in [1.165, 1.54) is 19.6 Å². The molecule has 1 amide bonds. The van der Waals surface area contributed by atoms with Crippen molar-refractivity contribution in [3.05, 3.63) is 64.9 Å². The number of hydrogen-bond donors (Lipinski definition) is 1. The van der Waals surface area contributed by atoms with Crippen LogP contribution in [0.3, 0.4) is 0 Å². The third-order valence-corrected chi connectivity index (χ3v) is 6.71. The van der Waals surface area contributed by atoms with Crippen LogP contribution < -0.4 is 10.1 Å². The maximum atomic E-state index is 13.5. The molecule has 1 N–H and O–H groups in total. The lowest BCUT2D eigenvalue weighted by molar-refractivity contribution is -0.118. The van der Waals surface area contributed by atoms with Crippen molar-refractivity contribution in [2.45, 2.75) is 51.6 Å². The summed E-state index contributed by atoms with van der Waals surface area (Å²) in [7, 11) is 1.50. The number of aromatic nitrogens is 4. The Labute approximate surface area is 204 Å². The molecule has 0 aliphatic carbocycles.